The molecule has 0 spiro atoms. The van der Waals surface area contributed by atoms with E-state index in [1.54, 1.807) is 0 Å². The van der Waals surface area contributed by atoms with Gasteiger partial charge in [0.05, 0.1) is 22.1 Å². The van der Waals surface area contributed by atoms with Gasteiger partial charge < -0.3 is 18.9 Å². The summed E-state index contributed by atoms with van der Waals surface area (Å²) in [6, 6.07) is 100. The molecule has 0 radical (unpaired) electrons. The molecular weight excluding hydrogens is 1140 g/mol. The monoisotopic (exact) mass is 1220 g/mol. The third kappa shape index (κ3) is 11.7. The summed E-state index contributed by atoms with van der Waals surface area (Å²) >= 11 is 0. The van der Waals surface area contributed by atoms with Crippen LogP contribution in [-0.4, -0.2) is 9.13 Å². The maximum absolute atomic E-state index is 2.43. The van der Waals surface area contributed by atoms with Crippen LogP contribution in [0.5, 0.6) is 0 Å². The molecule has 0 aliphatic heterocycles. The van der Waals surface area contributed by atoms with Gasteiger partial charge >= 0.3 is 0 Å². The fourth-order valence-electron chi connectivity index (χ4n) is 14.3. The van der Waals surface area contributed by atoms with Gasteiger partial charge in [-0.2, -0.15) is 0 Å². The molecule has 0 saturated heterocycles. The van der Waals surface area contributed by atoms with Gasteiger partial charge in [-0.05, 0) is 257 Å². The van der Waals surface area contributed by atoms with Crippen LogP contribution in [0.4, 0.5) is 34.1 Å². The van der Waals surface area contributed by atoms with Crippen molar-refractivity contribution < 1.29 is 0 Å². The maximum atomic E-state index is 2.43. The third-order valence-corrected chi connectivity index (χ3v) is 19.9. The maximum Gasteiger partial charge on any atom is 0.0541 e. The molecule has 0 amide bonds. The van der Waals surface area contributed by atoms with Crippen molar-refractivity contribution in [2.45, 2.75) is 113 Å². The van der Waals surface area contributed by atoms with E-state index in [9.17, 15) is 0 Å². The molecule has 12 aromatic carbocycles. The van der Waals surface area contributed by atoms with E-state index in [2.05, 4.69) is 369 Å². The molecular formula is C90H86N4. The average Bonchev–Trinajstić information content (AvgIpc) is 1.58. The summed E-state index contributed by atoms with van der Waals surface area (Å²) in [4.78, 5) is 4.83. The fraction of sp³-hybridized carbons (Fsp3) is 0.200. The number of nitrogens with zero attached hydrogens (tertiary/aromatic N) is 4. The van der Waals surface area contributed by atoms with Gasteiger partial charge in [-0.1, -0.05) is 196 Å². The molecule has 466 valence electrons. The van der Waals surface area contributed by atoms with Crippen molar-refractivity contribution in [3.8, 4) is 44.8 Å². The summed E-state index contributed by atoms with van der Waals surface area (Å²) in [5.41, 5.74) is 28.9. The van der Waals surface area contributed by atoms with Gasteiger partial charge in [-0.25, -0.2) is 0 Å². The van der Waals surface area contributed by atoms with Crippen molar-refractivity contribution in [1.82, 2.24) is 9.13 Å². The lowest BCUT2D eigenvalue weighted by molar-refractivity contribution is 0.471. The molecule has 4 heteroatoms. The summed E-state index contributed by atoms with van der Waals surface area (Å²) in [5.74, 6) is 1.16. The van der Waals surface area contributed by atoms with Crippen LogP contribution < -0.4 is 9.80 Å². The zero-order valence-corrected chi connectivity index (χ0v) is 56.8. The van der Waals surface area contributed by atoms with E-state index in [4.69, 9.17) is 0 Å². The van der Waals surface area contributed by atoms with Crippen LogP contribution in [0.25, 0.3) is 88.4 Å². The van der Waals surface area contributed by atoms with Crippen LogP contribution in [0.15, 0.2) is 267 Å². The van der Waals surface area contributed by atoms with Crippen molar-refractivity contribution in [1.29, 1.82) is 0 Å². The number of aryl methyl sites for hydroxylation is 3. The van der Waals surface area contributed by atoms with E-state index < -0.39 is 0 Å². The quantitative estimate of drug-likeness (QED) is 0.102. The van der Waals surface area contributed by atoms with Gasteiger partial charge in [0, 0.05) is 67.0 Å². The Kier molecular flexibility index (Phi) is 16.1. The smallest absolute Gasteiger partial charge is 0.0541 e. The van der Waals surface area contributed by atoms with Gasteiger partial charge in [0.2, 0.25) is 0 Å². The number of hydrogen-bond acceptors (Lipinski definition) is 2. The molecule has 0 N–H and O–H groups in total. The van der Waals surface area contributed by atoms with Crippen LogP contribution in [0.3, 0.4) is 0 Å². The first-order valence-corrected chi connectivity index (χ1v) is 33.8. The van der Waals surface area contributed by atoms with Gasteiger partial charge in [-0.3, -0.25) is 0 Å². The van der Waals surface area contributed by atoms with Gasteiger partial charge in [0.15, 0.2) is 0 Å². The van der Waals surface area contributed by atoms with Crippen molar-refractivity contribution >= 4 is 77.7 Å². The molecule has 94 heavy (non-hydrogen) atoms. The van der Waals surface area contributed by atoms with E-state index >= 15 is 0 Å². The molecule has 4 nitrogen and oxygen atoms in total. The van der Waals surface area contributed by atoms with Gasteiger partial charge in [-0.15, -0.1) is 0 Å². The molecule has 2 atom stereocenters. The molecule has 0 fully saturated rings. The molecule has 0 aliphatic carbocycles. The minimum Gasteiger partial charge on any atom is -0.310 e. The predicted octanol–water partition coefficient (Wildman–Crippen LogP) is 25.9. The fourth-order valence-corrected chi connectivity index (χ4v) is 14.3. The molecule has 14 aromatic rings. The largest absolute Gasteiger partial charge is 0.310 e. The molecule has 2 aromatic heterocycles. The normalized spacial score (nSPS) is 12.7. The topological polar surface area (TPSA) is 16.3 Å². The van der Waals surface area contributed by atoms with Crippen LogP contribution >= 0.6 is 0 Å². The van der Waals surface area contributed by atoms with E-state index in [0.717, 1.165) is 34.1 Å². The number of rotatable bonds is 15. The summed E-state index contributed by atoms with van der Waals surface area (Å²) in [6.45, 7) is 27.5. The Balaban J connectivity index is 0.792. The molecule has 14 rings (SSSR count). The van der Waals surface area contributed by atoms with Gasteiger partial charge in [0.1, 0.15) is 0 Å². The Bertz CT molecular complexity index is 5070. The minimum atomic E-state index is 0.0246. The lowest BCUT2D eigenvalue weighted by atomic mass is 9.86. The summed E-state index contributed by atoms with van der Waals surface area (Å²) < 4.78 is 4.83. The lowest BCUT2D eigenvalue weighted by Gasteiger charge is -2.28. The molecule has 0 aliphatic rings. The Morgan fingerprint density at radius 3 is 1.05 bits per heavy atom. The Labute approximate surface area is 557 Å². The first kappa shape index (κ1) is 61.4. The SMILES string of the molecule is CCC(C)CC(C)c1ccc(N(c2ccc(-c3ccc4c(c3)c3cc(C(C)(C)C)ccc3n4-c3ccccc3)cc2)c2ccc(-c3ccc(N(c4ccc(C)cc4)c4ccc(-c5ccc6c(c5)c5cc(C(C)(C)C)ccc5n6-c5ccccc5)cc4)cc3C)c(C)c2)cc1. The number of hydrogen-bond donors (Lipinski definition) is 0. The first-order valence-electron chi connectivity index (χ1n) is 33.8. The summed E-state index contributed by atoms with van der Waals surface area (Å²) in [7, 11) is 0. The van der Waals surface area contributed by atoms with Crippen molar-refractivity contribution in [3.05, 3.63) is 300 Å². The van der Waals surface area contributed by atoms with Crippen molar-refractivity contribution in [2.24, 2.45) is 5.92 Å². The van der Waals surface area contributed by atoms with Crippen LogP contribution in [0, 0.1) is 26.7 Å². The van der Waals surface area contributed by atoms with Crippen molar-refractivity contribution in [3.63, 3.8) is 0 Å². The molecule has 0 saturated carbocycles. The number of fused-ring (bicyclic) bond motifs is 6. The van der Waals surface area contributed by atoms with Crippen molar-refractivity contribution in [2.75, 3.05) is 9.80 Å². The second-order valence-electron chi connectivity index (χ2n) is 28.6. The predicted molar refractivity (Wildman–Crippen MR) is 405 cm³/mol. The van der Waals surface area contributed by atoms with E-state index in [0.29, 0.717) is 11.8 Å². The number of benzene rings is 12. The number of para-hydroxylation sites is 2. The molecule has 2 unspecified atom stereocenters. The van der Waals surface area contributed by atoms with E-state index in [-0.39, 0.29) is 10.8 Å². The Morgan fingerprint density at radius 1 is 0.340 bits per heavy atom. The lowest BCUT2D eigenvalue weighted by Crippen LogP contribution is -2.11. The zero-order valence-electron chi connectivity index (χ0n) is 56.8. The number of anilines is 6. The van der Waals surface area contributed by atoms with Crippen LogP contribution in [-0.2, 0) is 10.8 Å². The first-order chi connectivity index (χ1) is 45.4. The average molecular weight is 1220 g/mol. The highest BCUT2D eigenvalue weighted by atomic mass is 15.1. The third-order valence-electron chi connectivity index (χ3n) is 19.9. The van der Waals surface area contributed by atoms with Gasteiger partial charge in [0.25, 0.3) is 0 Å². The highest BCUT2D eigenvalue weighted by Gasteiger charge is 2.24. The standard InChI is InChI=1S/C90H86N4/c1-13-59(2)52-61(4)64-26-38-74(39-27-64)92(76-42-30-66(31-43-76)68-33-49-86-82(56-68)84-58-70(90(10,11)12)35-51-88(84)94(86)72-22-18-15-19-23-72)78-45-47-80(63(6)54-78)79-46-44-77(53-62(79)5)91(73-36-24-60(3)25-37-73)75-40-28-65(29-41-75)67-32-48-85-81(55-67)83-57-69(89(7,8)9)34-50-87(83)93(85)71-20-16-14-17-21-71/h14-51,53-59,61H,13,52H2,1-12H3. The molecule has 0 bridgehead atoms. The Hall–Kier alpha value is -10.2. The number of aromatic nitrogens is 2. The van der Waals surface area contributed by atoms with Crippen LogP contribution in [0.1, 0.15) is 114 Å². The molecule has 2 heterocycles. The zero-order chi connectivity index (χ0) is 65.2. The summed E-state index contributed by atoms with van der Waals surface area (Å²) in [6.07, 6.45) is 2.37. The van der Waals surface area contributed by atoms with E-state index in [1.165, 1.54) is 135 Å². The second kappa shape index (κ2) is 24.7. The summed E-state index contributed by atoms with van der Waals surface area (Å²) in [5, 5.41) is 5.07. The van der Waals surface area contributed by atoms with E-state index in [1.807, 2.05) is 0 Å². The minimum absolute atomic E-state index is 0.0246. The van der Waals surface area contributed by atoms with Crippen LogP contribution in [0.2, 0.25) is 0 Å². The highest BCUT2D eigenvalue weighted by Crippen LogP contribution is 2.45. The second-order valence-corrected chi connectivity index (χ2v) is 28.6. The highest BCUT2D eigenvalue weighted by molar-refractivity contribution is 6.12. The Morgan fingerprint density at radius 2 is 0.681 bits per heavy atom.